The molecule has 0 radical (unpaired) electrons. The predicted molar refractivity (Wildman–Crippen MR) is 63.6 cm³/mol. The van der Waals surface area contributed by atoms with Crippen LogP contribution in [0.3, 0.4) is 0 Å². The van der Waals surface area contributed by atoms with Crippen molar-refractivity contribution in [2.75, 3.05) is 37.4 Å². The average Bonchev–Trinajstić information content (AvgIpc) is 2.38. The summed E-state index contributed by atoms with van der Waals surface area (Å²) in [6.07, 6.45) is 3.84. The van der Waals surface area contributed by atoms with Gasteiger partial charge in [-0.2, -0.15) is 0 Å². The molecule has 2 heterocycles. The third kappa shape index (κ3) is 3.06. The fourth-order valence-electron chi connectivity index (χ4n) is 1.79. The highest BCUT2D eigenvalue weighted by Gasteiger charge is 2.13. The summed E-state index contributed by atoms with van der Waals surface area (Å²) in [5, 5.41) is 6.34. The SMILES string of the molecule is CNc1cc(NCC2CCOCC2)ncn1. The Morgan fingerprint density at radius 2 is 2.06 bits per heavy atom. The largest absolute Gasteiger partial charge is 0.381 e. The topological polar surface area (TPSA) is 59.1 Å². The van der Waals surface area contributed by atoms with Crippen molar-refractivity contribution in [3.8, 4) is 0 Å². The van der Waals surface area contributed by atoms with Gasteiger partial charge in [0.15, 0.2) is 0 Å². The van der Waals surface area contributed by atoms with Crippen LogP contribution in [0.1, 0.15) is 12.8 Å². The minimum atomic E-state index is 0.696. The highest BCUT2D eigenvalue weighted by Crippen LogP contribution is 2.15. The summed E-state index contributed by atoms with van der Waals surface area (Å²) >= 11 is 0. The number of rotatable bonds is 4. The summed E-state index contributed by atoms with van der Waals surface area (Å²) in [7, 11) is 1.85. The van der Waals surface area contributed by atoms with E-state index in [0.717, 1.165) is 44.2 Å². The number of aromatic nitrogens is 2. The van der Waals surface area contributed by atoms with Gasteiger partial charge in [-0.1, -0.05) is 0 Å². The van der Waals surface area contributed by atoms with E-state index in [1.54, 1.807) is 6.33 Å². The van der Waals surface area contributed by atoms with E-state index in [9.17, 15) is 0 Å². The van der Waals surface area contributed by atoms with Gasteiger partial charge < -0.3 is 15.4 Å². The minimum Gasteiger partial charge on any atom is -0.381 e. The molecular weight excluding hydrogens is 204 g/mol. The summed E-state index contributed by atoms with van der Waals surface area (Å²) < 4.78 is 5.32. The monoisotopic (exact) mass is 222 g/mol. The molecule has 0 bridgehead atoms. The zero-order valence-electron chi connectivity index (χ0n) is 9.57. The second-order valence-corrected chi connectivity index (χ2v) is 3.98. The Kier molecular flexibility index (Phi) is 3.93. The summed E-state index contributed by atoms with van der Waals surface area (Å²) in [5.41, 5.74) is 0. The van der Waals surface area contributed by atoms with Crippen LogP contribution in [0.5, 0.6) is 0 Å². The Hall–Kier alpha value is -1.36. The summed E-state index contributed by atoms with van der Waals surface area (Å²) in [5.74, 6) is 2.41. The standard InChI is InChI=1S/C11H18N4O/c1-12-10-6-11(15-8-14-10)13-7-9-2-4-16-5-3-9/h6,8-9H,2-5,7H2,1H3,(H2,12,13,14,15). The van der Waals surface area contributed by atoms with E-state index in [0.29, 0.717) is 5.92 Å². The van der Waals surface area contributed by atoms with Gasteiger partial charge in [-0.15, -0.1) is 0 Å². The lowest BCUT2D eigenvalue weighted by Gasteiger charge is -2.22. The molecule has 0 saturated carbocycles. The van der Waals surface area contributed by atoms with Gasteiger partial charge in [-0.25, -0.2) is 9.97 Å². The molecule has 1 aliphatic rings. The normalized spacial score (nSPS) is 17.1. The Morgan fingerprint density at radius 3 is 2.81 bits per heavy atom. The molecule has 1 aromatic rings. The van der Waals surface area contributed by atoms with Crippen LogP contribution < -0.4 is 10.6 Å². The van der Waals surface area contributed by atoms with Crippen LogP contribution in [0.25, 0.3) is 0 Å². The van der Waals surface area contributed by atoms with E-state index >= 15 is 0 Å². The summed E-state index contributed by atoms with van der Waals surface area (Å²) in [4.78, 5) is 8.25. The molecule has 16 heavy (non-hydrogen) atoms. The van der Waals surface area contributed by atoms with E-state index in [4.69, 9.17) is 4.74 Å². The zero-order chi connectivity index (χ0) is 11.2. The highest BCUT2D eigenvalue weighted by atomic mass is 16.5. The number of hydrogen-bond donors (Lipinski definition) is 2. The lowest BCUT2D eigenvalue weighted by molar-refractivity contribution is 0.0699. The first kappa shape index (κ1) is 11.1. The number of anilines is 2. The highest BCUT2D eigenvalue weighted by molar-refractivity contribution is 5.45. The van der Waals surface area contributed by atoms with Crippen LogP contribution >= 0.6 is 0 Å². The molecule has 0 aromatic carbocycles. The summed E-state index contributed by atoms with van der Waals surface area (Å²) in [6, 6.07) is 1.92. The van der Waals surface area contributed by atoms with E-state index in [1.807, 2.05) is 13.1 Å². The smallest absolute Gasteiger partial charge is 0.131 e. The van der Waals surface area contributed by atoms with Crippen molar-refractivity contribution in [3.05, 3.63) is 12.4 Å². The molecular formula is C11H18N4O. The molecule has 0 aliphatic carbocycles. The van der Waals surface area contributed by atoms with Crippen LogP contribution in [-0.2, 0) is 4.74 Å². The van der Waals surface area contributed by atoms with Crippen molar-refractivity contribution in [1.29, 1.82) is 0 Å². The molecule has 0 amide bonds. The molecule has 2 N–H and O–H groups in total. The van der Waals surface area contributed by atoms with Crippen LogP contribution in [-0.4, -0.2) is 36.8 Å². The lowest BCUT2D eigenvalue weighted by atomic mass is 10.0. The van der Waals surface area contributed by atoms with Gasteiger partial charge in [0, 0.05) is 32.9 Å². The third-order valence-electron chi connectivity index (χ3n) is 2.84. The fraction of sp³-hybridized carbons (Fsp3) is 0.636. The molecule has 0 unspecified atom stereocenters. The quantitative estimate of drug-likeness (QED) is 0.805. The van der Waals surface area contributed by atoms with Gasteiger partial charge in [0.2, 0.25) is 0 Å². The fourth-order valence-corrected chi connectivity index (χ4v) is 1.79. The first-order chi connectivity index (χ1) is 7.88. The molecule has 1 aromatic heterocycles. The van der Waals surface area contributed by atoms with Gasteiger partial charge >= 0.3 is 0 Å². The maximum absolute atomic E-state index is 5.32. The second kappa shape index (κ2) is 5.65. The molecule has 5 heteroatoms. The summed E-state index contributed by atoms with van der Waals surface area (Å²) in [6.45, 7) is 2.74. The molecule has 1 fully saturated rings. The van der Waals surface area contributed by atoms with Crippen LogP contribution in [0.2, 0.25) is 0 Å². The molecule has 0 atom stereocenters. The molecule has 88 valence electrons. The number of nitrogens with one attached hydrogen (secondary N) is 2. The average molecular weight is 222 g/mol. The lowest BCUT2D eigenvalue weighted by Crippen LogP contribution is -2.22. The van der Waals surface area contributed by atoms with Gasteiger partial charge in [0.25, 0.3) is 0 Å². The molecule has 5 nitrogen and oxygen atoms in total. The predicted octanol–water partition coefficient (Wildman–Crippen LogP) is 1.36. The molecule has 0 spiro atoms. The van der Waals surface area contributed by atoms with Gasteiger partial charge in [-0.3, -0.25) is 0 Å². The molecule has 2 rings (SSSR count). The Morgan fingerprint density at radius 1 is 1.31 bits per heavy atom. The first-order valence-electron chi connectivity index (χ1n) is 5.70. The van der Waals surface area contributed by atoms with Crippen molar-refractivity contribution in [1.82, 2.24) is 9.97 Å². The Bertz CT molecular complexity index is 326. The zero-order valence-corrected chi connectivity index (χ0v) is 9.57. The van der Waals surface area contributed by atoms with E-state index in [2.05, 4.69) is 20.6 Å². The number of nitrogens with zero attached hydrogens (tertiary/aromatic N) is 2. The second-order valence-electron chi connectivity index (χ2n) is 3.98. The van der Waals surface area contributed by atoms with Crippen molar-refractivity contribution in [2.24, 2.45) is 5.92 Å². The minimum absolute atomic E-state index is 0.696. The maximum atomic E-state index is 5.32. The maximum Gasteiger partial charge on any atom is 0.131 e. The van der Waals surface area contributed by atoms with E-state index in [-0.39, 0.29) is 0 Å². The van der Waals surface area contributed by atoms with Gasteiger partial charge in [0.05, 0.1) is 0 Å². The van der Waals surface area contributed by atoms with E-state index < -0.39 is 0 Å². The van der Waals surface area contributed by atoms with Crippen molar-refractivity contribution >= 4 is 11.6 Å². The van der Waals surface area contributed by atoms with Gasteiger partial charge in [0.1, 0.15) is 18.0 Å². The number of ether oxygens (including phenoxy) is 1. The van der Waals surface area contributed by atoms with Crippen molar-refractivity contribution in [2.45, 2.75) is 12.8 Å². The molecule has 1 aliphatic heterocycles. The van der Waals surface area contributed by atoms with Crippen LogP contribution in [0.4, 0.5) is 11.6 Å². The first-order valence-corrected chi connectivity index (χ1v) is 5.70. The Balaban J connectivity index is 1.83. The van der Waals surface area contributed by atoms with Crippen molar-refractivity contribution in [3.63, 3.8) is 0 Å². The number of hydrogen-bond acceptors (Lipinski definition) is 5. The van der Waals surface area contributed by atoms with Crippen LogP contribution in [0.15, 0.2) is 12.4 Å². The van der Waals surface area contributed by atoms with Gasteiger partial charge in [-0.05, 0) is 18.8 Å². The Labute approximate surface area is 95.6 Å². The van der Waals surface area contributed by atoms with Crippen molar-refractivity contribution < 1.29 is 4.74 Å². The third-order valence-corrected chi connectivity index (χ3v) is 2.84. The molecule has 1 saturated heterocycles. The van der Waals surface area contributed by atoms with Crippen LogP contribution in [0, 0.1) is 5.92 Å². The van der Waals surface area contributed by atoms with E-state index in [1.165, 1.54) is 0 Å².